The third-order valence-electron chi connectivity index (χ3n) is 2.43. The van der Waals surface area contributed by atoms with E-state index < -0.39 is 17.4 Å². The van der Waals surface area contributed by atoms with Crippen molar-refractivity contribution in [1.82, 2.24) is 4.98 Å². The molecule has 100 valence electrons. The zero-order valence-electron chi connectivity index (χ0n) is 9.18. The lowest BCUT2D eigenvalue weighted by molar-refractivity contribution is -0.140. The smallest absolute Gasteiger partial charge is 0.318 e. The van der Waals surface area contributed by atoms with Gasteiger partial charge in [-0.2, -0.15) is 13.2 Å². The standard InChI is InChI=1S/C12H6Cl2F3NO/c13-7-2-1-3-8(14)10(7)6-4-5-9(19)18-11(6)12(15,16)17/h1-5H,(H,18,19). The second-order valence-electron chi connectivity index (χ2n) is 3.71. The molecule has 1 heterocycles. The summed E-state index contributed by atoms with van der Waals surface area (Å²) in [5.41, 5.74) is -2.24. The predicted molar refractivity (Wildman–Crippen MR) is 67.5 cm³/mol. The number of nitrogens with one attached hydrogen (secondary N) is 1. The number of aromatic nitrogens is 1. The normalized spacial score (nSPS) is 11.6. The van der Waals surface area contributed by atoms with Gasteiger partial charge in [0.25, 0.3) is 0 Å². The number of halogens is 5. The van der Waals surface area contributed by atoms with Crippen molar-refractivity contribution in [3.63, 3.8) is 0 Å². The van der Waals surface area contributed by atoms with Crippen LogP contribution in [0, 0.1) is 0 Å². The fourth-order valence-electron chi connectivity index (χ4n) is 1.66. The monoisotopic (exact) mass is 307 g/mol. The zero-order chi connectivity index (χ0) is 14.2. The minimum absolute atomic E-state index is 0.0365. The summed E-state index contributed by atoms with van der Waals surface area (Å²) in [5, 5.41) is 0.148. The van der Waals surface area contributed by atoms with Crippen molar-refractivity contribution < 1.29 is 13.2 Å². The summed E-state index contributed by atoms with van der Waals surface area (Å²) in [4.78, 5) is 12.8. The average Bonchev–Trinajstić information content (AvgIpc) is 2.29. The van der Waals surface area contributed by atoms with Crippen LogP contribution in [-0.4, -0.2) is 4.98 Å². The number of H-pyrrole nitrogens is 1. The van der Waals surface area contributed by atoms with Crippen LogP contribution in [0.5, 0.6) is 0 Å². The Labute approximate surface area is 115 Å². The molecular weight excluding hydrogens is 302 g/mol. The predicted octanol–water partition coefficient (Wildman–Crippen LogP) is 4.37. The molecule has 0 saturated heterocycles. The molecule has 0 spiro atoms. The molecule has 2 rings (SSSR count). The summed E-state index contributed by atoms with van der Waals surface area (Å²) in [6.07, 6.45) is -4.71. The van der Waals surface area contributed by atoms with Crippen LogP contribution in [0.2, 0.25) is 10.0 Å². The van der Waals surface area contributed by atoms with Gasteiger partial charge >= 0.3 is 6.18 Å². The van der Waals surface area contributed by atoms with E-state index in [-0.39, 0.29) is 21.2 Å². The first-order valence-corrected chi connectivity index (χ1v) is 5.81. The van der Waals surface area contributed by atoms with E-state index in [1.807, 2.05) is 0 Å². The fourth-order valence-corrected chi connectivity index (χ4v) is 2.26. The van der Waals surface area contributed by atoms with Crippen LogP contribution in [0.1, 0.15) is 5.69 Å². The Morgan fingerprint density at radius 2 is 1.58 bits per heavy atom. The number of hydrogen-bond acceptors (Lipinski definition) is 1. The molecule has 2 nitrogen and oxygen atoms in total. The molecule has 1 aromatic carbocycles. The second kappa shape index (κ2) is 4.90. The van der Waals surface area contributed by atoms with E-state index in [4.69, 9.17) is 23.2 Å². The first-order valence-electron chi connectivity index (χ1n) is 5.05. The number of hydrogen-bond donors (Lipinski definition) is 1. The van der Waals surface area contributed by atoms with Crippen molar-refractivity contribution in [2.24, 2.45) is 0 Å². The molecule has 0 saturated carbocycles. The molecule has 0 aliphatic rings. The second-order valence-corrected chi connectivity index (χ2v) is 4.52. The van der Waals surface area contributed by atoms with E-state index in [0.29, 0.717) is 0 Å². The minimum atomic E-state index is -4.71. The largest absolute Gasteiger partial charge is 0.431 e. The van der Waals surface area contributed by atoms with E-state index >= 15 is 0 Å². The maximum absolute atomic E-state index is 12.9. The van der Waals surface area contributed by atoms with Gasteiger partial charge in [0.05, 0.1) is 0 Å². The number of pyridine rings is 1. The van der Waals surface area contributed by atoms with E-state index in [1.54, 1.807) is 4.98 Å². The van der Waals surface area contributed by atoms with Gasteiger partial charge in [0.15, 0.2) is 0 Å². The van der Waals surface area contributed by atoms with Gasteiger partial charge in [-0.15, -0.1) is 0 Å². The van der Waals surface area contributed by atoms with E-state index in [1.165, 1.54) is 18.2 Å². The van der Waals surface area contributed by atoms with Gasteiger partial charge in [-0.1, -0.05) is 29.3 Å². The van der Waals surface area contributed by atoms with Gasteiger partial charge in [0, 0.05) is 27.2 Å². The molecule has 0 amide bonds. The van der Waals surface area contributed by atoms with E-state index in [0.717, 1.165) is 12.1 Å². The lowest BCUT2D eigenvalue weighted by atomic mass is 10.0. The van der Waals surface area contributed by atoms with E-state index in [9.17, 15) is 18.0 Å². The van der Waals surface area contributed by atoms with Crippen molar-refractivity contribution in [2.75, 3.05) is 0 Å². The van der Waals surface area contributed by atoms with Crippen LogP contribution < -0.4 is 5.56 Å². The summed E-state index contributed by atoms with van der Waals surface area (Å²) < 4.78 is 38.8. The molecule has 1 aromatic heterocycles. The van der Waals surface area contributed by atoms with Crippen LogP contribution in [0.25, 0.3) is 11.1 Å². The number of benzene rings is 1. The lowest BCUT2D eigenvalue weighted by Crippen LogP contribution is -2.17. The SMILES string of the molecule is O=c1ccc(-c2c(Cl)cccc2Cl)c(C(F)(F)F)[nH]1. The topological polar surface area (TPSA) is 32.9 Å². The van der Waals surface area contributed by atoms with Crippen LogP contribution >= 0.6 is 23.2 Å². The Bertz CT molecular complexity index is 659. The Morgan fingerprint density at radius 3 is 2.11 bits per heavy atom. The maximum Gasteiger partial charge on any atom is 0.431 e. The van der Waals surface area contributed by atoms with Crippen LogP contribution in [0.3, 0.4) is 0 Å². The quantitative estimate of drug-likeness (QED) is 0.834. The summed E-state index contributed by atoms with van der Waals surface area (Å²) in [6, 6.07) is 6.41. The minimum Gasteiger partial charge on any atom is -0.318 e. The summed E-state index contributed by atoms with van der Waals surface area (Å²) in [5.74, 6) is 0. The third-order valence-corrected chi connectivity index (χ3v) is 3.06. The van der Waals surface area contributed by atoms with Crippen LogP contribution in [0.4, 0.5) is 13.2 Å². The van der Waals surface area contributed by atoms with Gasteiger partial charge in [-0.3, -0.25) is 4.79 Å². The van der Waals surface area contributed by atoms with Crippen molar-refractivity contribution in [1.29, 1.82) is 0 Å². The molecule has 0 atom stereocenters. The van der Waals surface area contributed by atoms with Crippen molar-refractivity contribution >= 4 is 23.2 Å². The van der Waals surface area contributed by atoms with Crippen molar-refractivity contribution in [3.05, 3.63) is 56.4 Å². The molecular formula is C12H6Cl2F3NO. The molecule has 1 N–H and O–H groups in total. The highest BCUT2D eigenvalue weighted by molar-refractivity contribution is 6.39. The highest BCUT2D eigenvalue weighted by atomic mass is 35.5. The Kier molecular flexibility index (Phi) is 3.60. The van der Waals surface area contributed by atoms with Gasteiger partial charge in [0.1, 0.15) is 5.69 Å². The fraction of sp³-hybridized carbons (Fsp3) is 0.0833. The van der Waals surface area contributed by atoms with Gasteiger partial charge in [-0.25, -0.2) is 0 Å². The molecule has 0 aliphatic heterocycles. The molecule has 0 radical (unpaired) electrons. The maximum atomic E-state index is 12.9. The highest BCUT2D eigenvalue weighted by Crippen LogP contribution is 2.40. The van der Waals surface area contributed by atoms with Gasteiger partial charge < -0.3 is 4.98 Å². The molecule has 0 fully saturated rings. The zero-order valence-corrected chi connectivity index (χ0v) is 10.7. The van der Waals surface area contributed by atoms with Crippen molar-refractivity contribution in [2.45, 2.75) is 6.18 Å². The molecule has 7 heteroatoms. The van der Waals surface area contributed by atoms with E-state index in [2.05, 4.69) is 0 Å². The number of alkyl halides is 3. The molecule has 0 unspecified atom stereocenters. The Balaban J connectivity index is 2.80. The average molecular weight is 308 g/mol. The van der Waals surface area contributed by atoms with Gasteiger partial charge in [0.2, 0.25) is 5.56 Å². The molecule has 2 aromatic rings. The summed E-state index contributed by atoms with van der Waals surface area (Å²) in [6.45, 7) is 0. The number of rotatable bonds is 1. The Morgan fingerprint density at radius 1 is 1.00 bits per heavy atom. The lowest BCUT2D eigenvalue weighted by Gasteiger charge is -2.14. The van der Waals surface area contributed by atoms with Crippen LogP contribution in [-0.2, 0) is 6.18 Å². The molecule has 0 bridgehead atoms. The third kappa shape index (κ3) is 2.77. The highest BCUT2D eigenvalue weighted by Gasteiger charge is 2.35. The van der Waals surface area contributed by atoms with Crippen molar-refractivity contribution in [3.8, 4) is 11.1 Å². The molecule has 0 aliphatic carbocycles. The number of aromatic amines is 1. The molecule has 19 heavy (non-hydrogen) atoms. The summed E-state index contributed by atoms with van der Waals surface area (Å²) in [7, 11) is 0. The van der Waals surface area contributed by atoms with Crippen LogP contribution in [0.15, 0.2) is 35.1 Å². The Hall–Kier alpha value is -1.46. The first-order chi connectivity index (χ1) is 8.80. The summed E-state index contributed by atoms with van der Waals surface area (Å²) >= 11 is 11.8. The van der Waals surface area contributed by atoms with Gasteiger partial charge in [-0.05, 0) is 18.2 Å². The first kappa shape index (κ1) is 14.0.